The van der Waals surface area contributed by atoms with Crippen LogP contribution in [0.5, 0.6) is 5.75 Å². The van der Waals surface area contributed by atoms with Crippen LogP contribution in [0.15, 0.2) is 53.5 Å². The van der Waals surface area contributed by atoms with Crippen LogP contribution in [0.2, 0.25) is 0 Å². The van der Waals surface area contributed by atoms with Gasteiger partial charge in [0.05, 0.1) is 6.04 Å². The lowest BCUT2D eigenvalue weighted by molar-refractivity contribution is -0.109. The minimum atomic E-state index is -0.623. The molecule has 270 valence electrons. The van der Waals surface area contributed by atoms with Crippen molar-refractivity contribution in [3.8, 4) is 5.75 Å². The lowest BCUT2D eigenvalue weighted by Gasteiger charge is -2.38. The van der Waals surface area contributed by atoms with Gasteiger partial charge in [-0.25, -0.2) is 4.79 Å². The van der Waals surface area contributed by atoms with E-state index in [-0.39, 0.29) is 29.1 Å². The molecule has 2 aromatic rings. The minimum absolute atomic E-state index is 0.0502. The van der Waals surface area contributed by atoms with Crippen molar-refractivity contribution in [3.05, 3.63) is 70.8 Å². The van der Waals surface area contributed by atoms with Crippen LogP contribution < -0.4 is 20.7 Å². The average molecular weight is 679 g/mol. The summed E-state index contributed by atoms with van der Waals surface area (Å²) in [6.07, 6.45) is 9.02. The van der Waals surface area contributed by atoms with Crippen molar-refractivity contribution < 1.29 is 28.6 Å². The lowest BCUT2D eigenvalue weighted by atomic mass is 9.84. The summed E-state index contributed by atoms with van der Waals surface area (Å²) in [5.41, 5.74) is 2.51. The predicted molar refractivity (Wildman–Crippen MR) is 198 cm³/mol. The van der Waals surface area contributed by atoms with Crippen LogP contribution in [0.1, 0.15) is 119 Å². The Labute approximate surface area is 293 Å². The Morgan fingerprint density at radius 2 is 1.90 bits per heavy atom. The largest absolute Gasteiger partial charge is 0.487 e. The van der Waals surface area contributed by atoms with Crippen LogP contribution in [0, 0.1) is 0 Å². The van der Waals surface area contributed by atoms with E-state index in [1.165, 1.54) is 0 Å². The van der Waals surface area contributed by atoms with E-state index in [4.69, 9.17) is 14.2 Å². The van der Waals surface area contributed by atoms with Crippen LogP contribution in [-0.4, -0.2) is 69.6 Å². The molecular weight excluding hydrogens is 620 g/mol. The van der Waals surface area contributed by atoms with E-state index >= 15 is 0 Å². The molecule has 10 nitrogen and oxygen atoms in total. The van der Waals surface area contributed by atoms with Crippen LogP contribution in [0.25, 0.3) is 6.08 Å². The number of hydrogen-bond donors (Lipinski definition) is 3. The third-order valence-electron chi connectivity index (χ3n) is 8.21. The van der Waals surface area contributed by atoms with Crippen molar-refractivity contribution in [2.45, 2.75) is 109 Å². The molecule has 2 amide bonds. The second-order valence-corrected chi connectivity index (χ2v) is 14.1. The van der Waals surface area contributed by atoms with E-state index in [0.29, 0.717) is 25.0 Å². The molecule has 2 aliphatic rings. The number of nitrogens with one attached hydrogen (secondary N) is 3. The number of allylic oxidation sites excluding steroid dienone is 1. The number of aliphatic imine (C=N–C) groups is 1. The van der Waals surface area contributed by atoms with E-state index in [1.807, 2.05) is 44.4 Å². The Morgan fingerprint density at radius 3 is 2.49 bits per heavy atom. The quantitative estimate of drug-likeness (QED) is 0.213. The molecule has 0 radical (unpaired) electrons. The first-order valence-electron chi connectivity index (χ1n) is 17.0. The summed E-state index contributed by atoms with van der Waals surface area (Å²) in [5.74, 6) is 0.706. The number of aldehydes is 1. The molecule has 0 saturated carbocycles. The van der Waals surface area contributed by atoms with Gasteiger partial charge < -0.3 is 35.0 Å². The minimum Gasteiger partial charge on any atom is -0.487 e. The third-order valence-corrected chi connectivity index (χ3v) is 8.21. The highest BCUT2D eigenvalue weighted by molar-refractivity contribution is 5.94. The van der Waals surface area contributed by atoms with Gasteiger partial charge in [-0.05, 0) is 117 Å². The Kier molecular flexibility index (Phi) is 16.3. The second-order valence-electron chi connectivity index (χ2n) is 14.1. The second kappa shape index (κ2) is 19.4. The molecule has 2 aliphatic heterocycles. The zero-order valence-electron chi connectivity index (χ0n) is 31.0. The topological polar surface area (TPSA) is 127 Å². The average Bonchev–Trinajstić information content (AvgIpc) is 3.04. The molecule has 4 rings (SSSR count). The van der Waals surface area contributed by atoms with Gasteiger partial charge in [-0.1, -0.05) is 37.3 Å². The number of hydrogen-bond acceptors (Lipinski definition) is 8. The maximum absolute atomic E-state index is 13.5. The van der Waals surface area contributed by atoms with Crippen LogP contribution >= 0.6 is 0 Å². The fourth-order valence-corrected chi connectivity index (χ4v) is 5.86. The maximum atomic E-state index is 13.5. The van der Waals surface area contributed by atoms with Gasteiger partial charge >= 0.3 is 6.09 Å². The van der Waals surface area contributed by atoms with E-state index in [0.717, 1.165) is 54.4 Å². The third kappa shape index (κ3) is 13.5. The highest BCUT2D eigenvalue weighted by atomic mass is 16.6. The molecule has 0 aliphatic carbocycles. The van der Waals surface area contributed by atoms with Gasteiger partial charge in [0, 0.05) is 49.3 Å². The lowest BCUT2D eigenvalue weighted by Crippen LogP contribution is -2.47. The van der Waals surface area contributed by atoms with E-state index in [1.54, 1.807) is 27.9 Å². The Morgan fingerprint density at radius 1 is 1.18 bits per heavy atom. The van der Waals surface area contributed by atoms with Crippen LogP contribution in [0.3, 0.4) is 0 Å². The molecule has 3 N–H and O–H groups in total. The van der Waals surface area contributed by atoms with E-state index in [9.17, 15) is 14.4 Å². The number of fused-ring (bicyclic) bond motifs is 3. The molecule has 3 atom stereocenters. The summed E-state index contributed by atoms with van der Waals surface area (Å²) in [4.78, 5) is 38.7. The number of ether oxygens (including phenoxy) is 3. The molecule has 2 aromatic carbocycles. The number of amides is 2. The zero-order valence-corrected chi connectivity index (χ0v) is 31.0. The summed E-state index contributed by atoms with van der Waals surface area (Å²) in [7, 11) is 5.45. The molecule has 0 fully saturated rings. The molecule has 0 aromatic heterocycles. The number of carbonyl (C=O) groups is 3. The number of rotatable bonds is 6. The first-order valence-corrected chi connectivity index (χ1v) is 17.0. The number of carbonyl (C=O) groups excluding carboxylic acids is 3. The fraction of sp³-hybridized carbons (Fsp3) is 0.538. The van der Waals surface area contributed by atoms with Gasteiger partial charge in [0.2, 0.25) is 0 Å². The smallest absolute Gasteiger partial charge is 0.433 e. The maximum Gasteiger partial charge on any atom is 0.433 e. The van der Waals surface area contributed by atoms with E-state index < -0.39 is 11.7 Å². The van der Waals surface area contributed by atoms with Crippen molar-refractivity contribution >= 4 is 31.1 Å². The van der Waals surface area contributed by atoms with Gasteiger partial charge in [-0.3, -0.25) is 4.79 Å². The number of nitrogens with zero attached hydrogens (tertiary/aromatic N) is 1. The van der Waals surface area contributed by atoms with E-state index in [2.05, 4.69) is 72.7 Å². The van der Waals surface area contributed by atoms with Gasteiger partial charge in [0.25, 0.3) is 5.91 Å². The number of methoxy groups -OCH3 is 1. The Hall–Kier alpha value is -3.86. The standard InChI is InChI=1S/C31H40N2O4.C6H11NO2.C2H7N/c1-5-31(16-17-34)15-7-6-9-22-12-13-28-25(19-22)27(21-30(2,3)37-28)32-29(35)24-11-8-10-23(20-24)26(33-31)14-18-36-4;1-6(2,3)9-5(8)7-4;1-3-2/h6,8-13,17,19-20,26-27,33H,5,7,14-16,18,21H2,1-4H3,(H,32,35);4H2,1-3H3;3H,1-2H3/b9-6+;;/t26-,27?,31?;;/m1../s1. The summed E-state index contributed by atoms with van der Waals surface area (Å²) in [5, 5.41) is 9.85. The van der Waals surface area contributed by atoms with Crippen molar-refractivity contribution in [2.75, 3.05) is 27.8 Å². The van der Waals surface area contributed by atoms with Crippen molar-refractivity contribution in [3.63, 3.8) is 0 Å². The molecule has 10 heteroatoms. The van der Waals surface area contributed by atoms with Gasteiger partial charge in [-0.15, -0.1) is 0 Å². The summed E-state index contributed by atoms with van der Waals surface area (Å²) < 4.78 is 16.4. The summed E-state index contributed by atoms with van der Waals surface area (Å²) in [6, 6.07) is 13.8. The predicted octanol–water partition coefficient (Wildman–Crippen LogP) is 7.39. The molecule has 0 spiro atoms. The summed E-state index contributed by atoms with van der Waals surface area (Å²) in [6.45, 7) is 15.2. The first-order chi connectivity index (χ1) is 23.1. The SMILES string of the molecule is C=NC(=O)OC(C)(C)C.CCC1(CC=O)CC/C=C/c2ccc3c(c2)C(CC(C)(C)O3)NC(=O)c2cccc(c2)[C@@H](CCOC)N1.CNC. The molecule has 2 heterocycles. The molecular formula is C39H58N4O6. The Balaban J connectivity index is 0.000000596. The van der Waals surface area contributed by atoms with Gasteiger partial charge in [-0.2, -0.15) is 4.99 Å². The molecule has 2 unspecified atom stereocenters. The highest BCUT2D eigenvalue weighted by Gasteiger charge is 2.35. The van der Waals surface area contributed by atoms with Crippen molar-refractivity contribution in [2.24, 2.45) is 4.99 Å². The van der Waals surface area contributed by atoms with Crippen LogP contribution in [-0.2, 0) is 14.3 Å². The molecule has 0 saturated heterocycles. The van der Waals surface area contributed by atoms with Gasteiger partial charge in [0.15, 0.2) is 0 Å². The normalized spacial score (nSPS) is 21.9. The molecule has 49 heavy (non-hydrogen) atoms. The first kappa shape index (κ1) is 41.3. The summed E-state index contributed by atoms with van der Waals surface area (Å²) >= 11 is 0. The van der Waals surface area contributed by atoms with Crippen molar-refractivity contribution in [1.29, 1.82) is 0 Å². The fourth-order valence-electron chi connectivity index (χ4n) is 5.86. The molecule has 4 bridgehead atoms. The number of benzene rings is 2. The highest BCUT2D eigenvalue weighted by Crippen LogP contribution is 2.40. The van der Waals surface area contributed by atoms with Crippen LogP contribution in [0.4, 0.5) is 4.79 Å². The monoisotopic (exact) mass is 678 g/mol. The van der Waals surface area contributed by atoms with Crippen molar-refractivity contribution in [1.82, 2.24) is 16.0 Å². The van der Waals surface area contributed by atoms with Gasteiger partial charge in [0.1, 0.15) is 23.2 Å². The Bertz CT molecular complexity index is 1420. The zero-order chi connectivity index (χ0) is 36.7.